The van der Waals surface area contributed by atoms with E-state index in [1.165, 1.54) is 19.3 Å². The third kappa shape index (κ3) is 2.97. The zero-order valence-electron chi connectivity index (χ0n) is 12.6. The molecule has 1 aromatic rings. The zero-order valence-corrected chi connectivity index (χ0v) is 12.6. The fourth-order valence-electron chi connectivity index (χ4n) is 3.18. The molecule has 0 unspecified atom stereocenters. The highest BCUT2D eigenvalue weighted by atomic mass is 16.5. The van der Waals surface area contributed by atoms with Gasteiger partial charge in [-0.1, -0.05) is 19.3 Å². The first-order valence-corrected chi connectivity index (χ1v) is 7.95. The Labute approximate surface area is 129 Å². The van der Waals surface area contributed by atoms with Gasteiger partial charge in [-0.2, -0.15) is 5.26 Å². The van der Waals surface area contributed by atoms with Crippen LogP contribution >= 0.6 is 0 Å². The molecule has 2 fully saturated rings. The molecule has 2 heterocycles. The van der Waals surface area contributed by atoms with E-state index >= 15 is 0 Å². The number of carbonyl (C=O) groups is 1. The van der Waals surface area contributed by atoms with Gasteiger partial charge in [-0.3, -0.25) is 10.1 Å². The van der Waals surface area contributed by atoms with Crippen LogP contribution < -0.4 is 5.32 Å². The molecule has 1 amide bonds. The molecule has 2 aliphatic rings. The number of aromatic nitrogens is 3. The lowest BCUT2D eigenvalue weighted by atomic mass is 9.81. The van der Waals surface area contributed by atoms with Crippen LogP contribution in [0.3, 0.4) is 0 Å². The van der Waals surface area contributed by atoms with Crippen LogP contribution in [-0.2, 0) is 9.53 Å². The molecule has 1 saturated carbocycles. The molecule has 0 radical (unpaired) electrons. The molecular weight excluding hydrogens is 282 g/mol. The second kappa shape index (κ2) is 6.44. The van der Waals surface area contributed by atoms with Gasteiger partial charge in [0.15, 0.2) is 0 Å². The Balaban J connectivity index is 1.66. The summed E-state index contributed by atoms with van der Waals surface area (Å²) in [6.45, 7) is 0.871. The fourth-order valence-corrected chi connectivity index (χ4v) is 3.18. The monoisotopic (exact) mass is 303 g/mol. The number of hydrogen-bond acceptors (Lipinski definition) is 5. The van der Waals surface area contributed by atoms with Crippen LogP contribution in [0, 0.1) is 16.7 Å². The van der Waals surface area contributed by atoms with Gasteiger partial charge < -0.3 is 4.74 Å². The lowest BCUT2D eigenvalue weighted by Crippen LogP contribution is -2.40. The lowest BCUT2D eigenvalue weighted by Gasteiger charge is -2.28. The summed E-state index contributed by atoms with van der Waals surface area (Å²) in [5.41, 5.74) is -1.02. The van der Waals surface area contributed by atoms with Crippen molar-refractivity contribution >= 4 is 11.9 Å². The number of carbonyl (C=O) groups excluding carboxylic acids is 1. The van der Waals surface area contributed by atoms with Gasteiger partial charge >= 0.3 is 0 Å². The molecule has 0 bridgehead atoms. The van der Waals surface area contributed by atoms with Crippen molar-refractivity contribution in [3.8, 4) is 6.07 Å². The topological polar surface area (TPSA) is 92.8 Å². The normalized spacial score (nSPS) is 22.0. The summed E-state index contributed by atoms with van der Waals surface area (Å²) in [7, 11) is 0. The predicted molar refractivity (Wildman–Crippen MR) is 78.9 cm³/mol. The number of rotatable bonds is 3. The number of anilines is 1. The minimum atomic E-state index is -1.02. The molecular formula is C15H21N5O2. The molecule has 0 spiro atoms. The quantitative estimate of drug-likeness (QED) is 0.922. The van der Waals surface area contributed by atoms with Crippen LogP contribution in [0.5, 0.6) is 0 Å². The summed E-state index contributed by atoms with van der Waals surface area (Å²) in [6.07, 6.45) is 8.42. The van der Waals surface area contributed by atoms with Gasteiger partial charge in [-0.05, 0) is 25.7 Å². The first-order chi connectivity index (χ1) is 10.7. The molecule has 118 valence electrons. The smallest absolute Gasteiger partial charge is 0.248 e. The van der Waals surface area contributed by atoms with Crippen molar-refractivity contribution in [2.75, 3.05) is 18.5 Å². The summed E-state index contributed by atoms with van der Waals surface area (Å²) in [5.74, 6) is -0.0311. The van der Waals surface area contributed by atoms with Crippen LogP contribution in [0.25, 0.3) is 0 Å². The molecule has 1 saturated heterocycles. The van der Waals surface area contributed by atoms with Crippen molar-refractivity contribution in [2.24, 2.45) is 5.41 Å². The van der Waals surface area contributed by atoms with Crippen molar-refractivity contribution in [2.45, 2.75) is 51.0 Å². The van der Waals surface area contributed by atoms with Crippen LogP contribution in [0.4, 0.5) is 5.95 Å². The van der Waals surface area contributed by atoms with Crippen LogP contribution in [-0.4, -0.2) is 33.9 Å². The Bertz CT molecular complexity index is 565. The maximum absolute atomic E-state index is 12.4. The second-order valence-corrected chi connectivity index (χ2v) is 6.10. The maximum atomic E-state index is 12.4. The molecule has 1 aromatic heterocycles. The molecule has 0 atom stereocenters. The van der Waals surface area contributed by atoms with E-state index in [1.54, 1.807) is 6.33 Å². The van der Waals surface area contributed by atoms with E-state index in [-0.39, 0.29) is 11.9 Å². The summed E-state index contributed by atoms with van der Waals surface area (Å²) in [5, 5.41) is 16.5. The highest BCUT2D eigenvalue weighted by Gasteiger charge is 2.41. The summed E-state index contributed by atoms with van der Waals surface area (Å²) in [6, 6.07) is 2.53. The van der Waals surface area contributed by atoms with Gasteiger partial charge in [0, 0.05) is 13.2 Å². The average Bonchev–Trinajstić information content (AvgIpc) is 3.05. The van der Waals surface area contributed by atoms with E-state index < -0.39 is 5.41 Å². The number of nitrogens with one attached hydrogen (secondary N) is 1. The third-order valence-corrected chi connectivity index (χ3v) is 4.68. The standard InChI is InChI=1S/C15H21N5O2/c16-10-15(6-8-22-9-7-15)13(21)18-14-17-11-20(19-14)12-4-2-1-3-5-12/h11-12H,1-9H2,(H,18,19,21). The minimum Gasteiger partial charge on any atom is -0.381 e. The van der Waals surface area contributed by atoms with Crippen molar-refractivity contribution in [1.82, 2.24) is 14.8 Å². The van der Waals surface area contributed by atoms with Gasteiger partial charge in [0.05, 0.1) is 12.1 Å². The van der Waals surface area contributed by atoms with Gasteiger partial charge in [-0.25, -0.2) is 9.67 Å². The molecule has 3 rings (SSSR count). The Morgan fingerprint density at radius 1 is 1.36 bits per heavy atom. The van der Waals surface area contributed by atoms with Gasteiger partial charge in [0.1, 0.15) is 11.7 Å². The minimum absolute atomic E-state index is 0.289. The molecule has 1 N–H and O–H groups in total. The van der Waals surface area contributed by atoms with E-state index in [1.807, 2.05) is 4.68 Å². The number of hydrogen-bond donors (Lipinski definition) is 1. The highest BCUT2D eigenvalue weighted by Crippen LogP contribution is 2.31. The van der Waals surface area contributed by atoms with Gasteiger partial charge in [0.25, 0.3) is 0 Å². The molecule has 1 aliphatic heterocycles. The molecule has 7 nitrogen and oxygen atoms in total. The zero-order chi connectivity index (χ0) is 15.4. The summed E-state index contributed by atoms with van der Waals surface area (Å²) < 4.78 is 7.09. The van der Waals surface area contributed by atoms with Gasteiger partial charge in [0.2, 0.25) is 11.9 Å². The van der Waals surface area contributed by atoms with E-state index in [9.17, 15) is 10.1 Å². The number of nitriles is 1. The maximum Gasteiger partial charge on any atom is 0.248 e. The average molecular weight is 303 g/mol. The Morgan fingerprint density at radius 2 is 2.09 bits per heavy atom. The largest absolute Gasteiger partial charge is 0.381 e. The summed E-state index contributed by atoms with van der Waals surface area (Å²) in [4.78, 5) is 16.6. The first-order valence-electron chi connectivity index (χ1n) is 7.95. The number of amides is 1. The van der Waals surface area contributed by atoms with Crippen molar-refractivity contribution < 1.29 is 9.53 Å². The molecule has 1 aliphatic carbocycles. The van der Waals surface area contributed by atoms with E-state index in [0.717, 1.165) is 12.8 Å². The second-order valence-electron chi connectivity index (χ2n) is 6.10. The Morgan fingerprint density at radius 3 is 2.77 bits per heavy atom. The first kappa shape index (κ1) is 15.0. The van der Waals surface area contributed by atoms with Crippen molar-refractivity contribution in [3.63, 3.8) is 0 Å². The van der Waals surface area contributed by atoms with Crippen molar-refractivity contribution in [1.29, 1.82) is 5.26 Å². The number of nitrogens with zero attached hydrogens (tertiary/aromatic N) is 4. The third-order valence-electron chi connectivity index (χ3n) is 4.68. The van der Waals surface area contributed by atoms with Crippen LogP contribution in [0.1, 0.15) is 51.0 Å². The van der Waals surface area contributed by atoms with Crippen molar-refractivity contribution in [3.05, 3.63) is 6.33 Å². The van der Waals surface area contributed by atoms with Crippen LogP contribution in [0.2, 0.25) is 0 Å². The van der Waals surface area contributed by atoms with Gasteiger partial charge in [-0.15, -0.1) is 5.10 Å². The van der Waals surface area contributed by atoms with E-state index in [4.69, 9.17) is 4.74 Å². The van der Waals surface area contributed by atoms with Crippen LogP contribution in [0.15, 0.2) is 6.33 Å². The summed E-state index contributed by atoms with van der Waals surface area (Å²) >= 11 is 0. The van der Waals surface area contributed by atoms with E-state index in [2.05, 4.69) is 21.5 Å². The molecule has 22 heavy (non-hydrogen) atoms. The molecule has 0 aromatic carbocycles. The fraction of sp³-hybridized carbons (Fsp3) is 0.733. The van der Waals surface area contributed by atoms with E-state index in [0.29, 0.717) is 32.1 Å². The Hall–Kier alpha value is -1.94. The number of ether oxygens (including phenoxy) is 1. The Kier molecular flexibility index (Phi) is 4.39. The SMILES string of the molecule is N#CC1(C(=O)Nc2ncn(C3CCCCC3)n2)CCOCC1. The molecule has 7 heteroatoms. The lowest BCUT2D eigenvalue weighted by molar-refractivity contribution is -0.126. The predicted octanol–water partition coefficient (Wildman–Crippen LogP) is 2.04. The highest BCUT2D eigenvalue weighted by molar-refractivity contribution is 5.95.